The summed E-state index contributed by atoms with van der Waals surface area (Å²) in [5, 5.41) is 3.53. The lowest BCUT2D eigenvalue weighted by molar-refractivity contribution is 0.287. The maximum Gasteiger partial charge on any atom is 0.109 e. The molecule has 0 radical (unpaired) electrons. The van der Waals surface area contributed by atoms with Gasteiger partial charge in [-0.15, -0.1) is 0 Å². The predicted molar refractivity (Wildman–Crippen MR) is 63.8 cm³/mol. The van der Waals surface area contributed by atoms with Gasteiger partial charge >= 0.3 is 0 Å². The van der Waals surface area contributed by atoms with E-state index in [2.05, 4.69) is 42.6 Å². The maximum atomic E-state index is 4.30. The van der Waals surface area contributed by atoms with Crippen LogP contribution < -0.4 is 5.32 Å². The second-order valence-electron chi connectivity index (χ2n) is 5.25. The first-order chi connectivity index (χ1) is 6.91. The van der Waals surface area contributed by atoms with E-state index in [0.717, 1.165) is 18.8 Å². The molecule has 0 fully saturated rings. The van der Waals surface area contributed by atoms with Crippen molar-refractivity contribution in [2.24, 2.45) is 12.5 Å². The minimum absolute atomic E-state index is 0.321. The van der Waals surface area contributed by atoms with Crippen molar-refractivity contribution in [1.82, 2.24) is 14.9 Å². The predicted octanol–water partition coefficient (Wildman–Crippen LogP) is 1.99. The second-order valence-corrected chi connectivity index (χ2v) is 5.25. The molecular weight excluding hydrogens is 186 g/mol. The van der Waals surface area contributed by atoms with Crippen LogP contribution in [0.4, 0.5) is 0 Å². The molecule has 0 bridgehead atoms. The highest BCUT2D eigenvalue weighted by Crippen LogP contribution is 2.18. The fourth-order valence-electron chi connectivity index (χ4n) is 1.34. The molecule has 1 atom stereocenters. The molecule has 86 valence electrons. The summed E-state index contributed by atoms with van der Waals surface area (Å²) < 4.78 is 2.07. The Labute approximate surface area is 92.9 Å². The van der Waals surface area contributed by atoms with E-state index in [1.807, 2.05) is 19.4 Å². The molecule has 0 saturated heterocycles. The van der Waals surface area contributed by atoms with Gasteiger partial charge in [0, 0.05) is 38.4 Å². The molecule has 1 heterocycles. The van der Waals surface area contributed by atoms with Gasteiger partial charge in [-0.3, -0.25) is 0 Å². The number of rotatable bonds is 4. The molecule has 0 aliphatic rings. The number of aryl methyl sites for hydroxylation is 1. The Bertz CT molecular complexity index is 296. The van der Waals surface area contributed by atoms with Gasteiger partial charge in [0.2, 0.25) is 0 Å². The molecule has 0 amide bonds. The van der Waals surface area contributed by atoms with Crippen LogP contribution in [0.1, 0.15) is 33.5 Å². The maximum absolute atomic E-state index is 4.30. The van der Waals surface area contributed by atoms with Crippen molar-refractivity contribution in [2.75, 3.05) is 6.54 Å². The SMILES string of the molecule is CC(NCCc1nccn1C)C(C)(C)C. The lowest BCUT2D eigenvalue weighted by Crippen LogP contribution is -2.38. The number of hydrogen-bond acceptors (Lipinski definition) is 2. The molecule has 1 aromatic rings. The van der Waals surface area contributed by atoms with Crippen LogP contribution in [0.5, 0.6) is 0 Å². The zero-order valence-corrected chi connectivity index (χ0v) is 10.5. The van der Waals surface area contributed by atoms with Gasteiger partial charge in [-0.2, -0.15) is 0 Å². The van der Waals surface area contributed by atoms with Gasteiger partial charge in [-0.25, -0.2) is 4.98 Å². The summed E-state index contributed by atoms with van der Waals surface area (Å²) in [5.74, 6) is 1.14. The third kappa shape index (κ3) is 3.67. The van der Waals surface area contributed by atoms with Gasteiger partial charge in [0.15, 0.2) is 0 Å². The molecule has 1 rings (SSSR count). The zero-order valence-electron chi connectivity index (χ0n) is 10.5. The Balaban J connectivity index is 2.31. The normalized spacial score (nSPS) is 14.2. The van der Waals surface area contributed by atoms with Crippen LogP contribution in [0, 0.1) is 5.41 Å². The van der Waals surface area contributed by atoms with E-state index >= 15 is 0 Å². The molecule has 3 heteroatoms. The first kappa shape index (κ1) is 12.2. The Morgan fingerprint density at radius 3 is 2.60 bits per heavy atom. The standard InChI is InChI=1S/C12H23N3/c1-10(12(2,3)4)13-7-6-11-14-8-9-15(11)5/h8-10,13H,6-7H2,1-5H3. The highest BCUT2D eigenvalue weighted by molar-refractivity contribution is 4.92. The summed E-state index contributed by atoms with van der Waals surface area (Å²) in [6.45, 7) is 9.99. The van der Waals surface area contributed by atoms with Crippen molar-refractivity contribution in [2.45, 2.75) is 40.2 Å². The molecule has 1 N–H and O–H groups in total. The summed E-state index contributed by atoms with van der Waals surface area (Å²) in [7, 11) is 2.04. The van der Waals surface area contributed by atoms with E-state index < -0.39 is 0 Å². The molecule has 0 saturated carbocycles. The summed E-state index contributed by atoms with van der Waals surface area (Å²) >= 11 is 0. The number of aromatic nitrogens is 2. The highest BCUT2D eigenvalue weighted by atomic mass is 15.0. The minimum Gasteiger partial charge on any atom is -0.338 e. The number of hydrogen-bond donors (Lipinski definition) is 1. The molecule has 15 heavy (non-hydrogen) atoms. The summed E-state index contributed by atoms with van der Waals surface area (Å²) in [4.78, 5) is 4.30. The molecule has 0 spiro atoms. The first-order valence-electron chi connectivity index (χ1n) is 5.61. The van der Waals surface area contributed by atoms with E-state index in [-0.39, 0.29) is 0 Å². The van der Waals surface area contributed by atoms with E-state index in [1.54, 1.807) is 0 Å². The highest BCUT2D eigenvalue weighted by Gasteiger charge is 2.18. The molecule has 1 aromatic heterocycles. The monoisotopic (exact) mass is 209 g/mol. The number of nitrogens with one attached hydrogen (secondary N) is 1. The van der Waals surface area contributed by atoms with E-state index in [1.165, 1.54) is 0 Å². The lowest BCUT2D eigenvalue weighted by atomic mass is 9.88. The van der Waals surface area contributed by atoms with Crippen LogP contribution in [-0.4, -0.2) is 22.1 Å². The Kier molecular flexibility index (Phi) is 3.91. The van der Waals surface area contributed by atoms with Crippen LogP contribution in [0.25, 0.3) is 0 Å². The van der Waals surface area contributed by atoms with Crippen molar-refractivity contribution in [3.05, 3.63) is 18.2 Å². The minimum atomic E-state index is 0.321. The first-order valence-corrected chi connectivity index (χ1v) is 5.61. The van der Waals surface area contributed by atoms with Crippen LogP contribution in [-0.2, 0) is 13.5 Å². The van der Waals surface area contributed by atoms with Gasteiger partial charge in [-0.1, -0.05) is 20.8 Å². The third-order valence-corrected chi connectivity index (χ3v) is 3.02. The molecule has 0 aliphatic carbocycles. The average molecular weight is 209 g/mol. The Hall–Kier alpha value is -0.830. The van der Waals surface area contributed by atoms with Crippen molar-refractivity contribution in [3.8, 4) is 0 Å². The fourth-order valence-corrected chi connectivity index (χ4v) is 1.34. The largest absolute Gasteiger partial charge is 0.338 e. The second kappa shape index (κ2) is 4.79. The van der Waals surface area contributed by atoms with E-state index in [9.17, 15) is 0 Å². The van der Waals surface area contributed by atoms with Crippen LogP contribution >= 0.6 is 0 Å². The smallest absolute Gasteiger partial charge is 0.109 e. The van der Waals surface area contributed by atoms with Gasteiger partial charge in [0.1, 0.15) is 5.82 Å². The van der Waals surface area contributed by atoms with Crippen LogP contribution in [0.15, 0.2) is 12.4 Å². The zero-order chi connectivity index (χ0) is 11.5. The Morgan fingerprint density at radius 2 is 2.13 bits per heavy atom. The topological polar surface area (TPSA) is 29.9 Å². The van der Waals surface area contributed by atoms with Crippen molar-refractivity contribution in [1.29, 1.82) is 0 Å². The van der Waals surface area contributed by atoms with E-state index in [0.29, 0.717) is 11.5 Å². The van der Waals surface area contributed by atoms with Crippen LogP contribution in [0.2, 0.25) is 0 Å². The molecule has 0 aromatic carbocycles. The van der Waals surface area contributed by atoms with Crippen molar-refractivity contribution < 1.29 is 0 Å². The van der Waals surface area contributed by atoms with E-state index in [4.69, 9.17) is 0 Å². The lowest BCUT2D eigenvalue weighted by Gasteiger charge is -2.28. The van der Waals surface area contributed by atoms with Crippen molar-refractivity contribution in [3.63, 3.8) is 0 Å². The molecule has 1 unspecified atom stereocenters. The van der Waals surface area contributed by atoms with Gasteiger partial charge in [0.25, 0.3) is 0 Å². The number of nitrogens with zero attached hydrogens (tertiary/aromatic N) is 2. The van der Waals surface area contributed by atoms with Crippen molar-refractivity contribution >= 4 is 0 Å². The number of imidazole rings is 1. The van der Waals surface area contributed by atoms with Gasteiger partial charge in [-0.05, 0) is 12.3 Å². The Morgan fingerprint density at radius 1 is 1.47 bits per heavy atom. The average Bonchev–Trinajstić information content (AvgIpc) is 2.50. The molecular formula is C12H23N3. The third-order valence-electron chi connectivity index (χ3n) is 3.02. The quantitative estimate of drug-likeness (QED) is 0.822. The molecule has 0 aliphatic heterocycles. The summed E-state index contributed by atoms with van der Waals surface area (Å²) in [6, 6.07) is 0.526. The van der Waals surface area contributed by atoms with Crippen LogP contribution in [0.3, 0.4) is 0 Å². The molecule has 3 nitrogen and oxygen atoms in total. The van der Waals surface area contributed by atoms with Gasteiger partial charge < -0.3 is 9.88 Å². The summed E-state index contributed by atoms with van der Waals surface area (Å²) in [5.41, 5.74) is 0.321. The fraction of sp³-hybridized carbons (Fsp3) is 0.750. The summed E-state index contributed by atoms with van der Waals surface area (Å²) in [6.07, 6.45) is 4.83. The van der Waals surface area contributed by atoms with Gasteiger partial charge in [0.05, 0.1) is 0 Å².